The van der Waals surface area contributed by atoms with E-state index in [-0.39, 0.29) is 15.6 Å². The smallest absolute Gasteiger partial charge is 0.163 e. The van der Waals surface area contributed by atoms with Crippen LogP contribution in [0.2, 0.25) is 0 Å². The minimum absolute atomic E-state index is 0.0769. The molecule has 0 saturated carbocycles. The van der Waals surface area contributed by atoms with Gasteiger partial charge in [0.1, 0.15) is 5.82 Å². The Morgan fingerprint density at radius 2 is 1.44 bits per heavy atom. The Morgan fingerprint density at radius 3 is 2.11 bits per heavy atom. The van der Waals surface area contributed by atoms with E-state index in [0.717, 1.165) is 6.07 Å². The second kappa shape index (κ2) is 5.12. The maximum Gasteiger partial charge on any atom is 0.163 e. The van der Waals surface area contributed by atoms with E-state index in [2.05, 4.69) is 15.9 Å². The Hall–Kier alpha value is -1.33. The monoisotopic (exact) mass is 315 g/mol. The van der Waals surface area contributed by atoms with Crippen molar-refractivity contribution in [3.05, 3.63) is 69.4 Å². The summed E-state index contributed by atoms with van der Waals surface area (Å²) in [7, 11) is 0. The highest BCUT2D eigenvalue weighted by Gasteiger charge is 2.20. The van der Waals surface area contributed by atoms with Gasteiger partial charge in [0.15, 0.2) is 11.6 Å². The van der Waals surface area contributed by atoms with E-state index in [1.165, 1.54) is 24.3 Å². The van der Waals surface area contributed by atoms with Crippen LogP contribution in [0.4, 0.5) is 13.2 Å². The van der Waals surface area contributed by atoms with Crippen molar-refractivity contribution in [2.24, 2.45) is 5.73 Å². The molecule has 0 radical (unpaired) electrons. The third-order valence-corrected chi connectivity index (χ3v) is 3.25. The van der Waals surface area contributed by atoms with Crippen LogP contribution in [0.1, 0.15) is 17.2 Å². The second-order valence-electron chi connectivity index (χ2n) is 3.76. The standard InChI is InChI=1S/C13H9BrF3N/c14-9-5-1-3-7(11(9)16)13(18)8-4-2-6-10(15)12(8)17/h1-6,13H,18H2. The summed E-state index contributed by atoms with van der Waals surface area (Å²) in [6.07, 6.45) is 0. The molecule has 2 aromatic rings. The Balaban J connectivity index is 2.51. The molecule has 1 nitrogen and oxygen atoms in total. The first-order valence-corrected chi connectivity index (χ1v) is 5.95. The number of hydrogen-bond donors (Lipinski definition) is 1. The molecule has 0 amide bonds. The van der Waals surface area contributed by atoms with Crippen molar-refractivity contribution in [1.29, 1.82) is 0 Å². The molecule has 1 unspecified atom stereocenters. The van der Waals surface area contributed by atoms with Crippen LogP contribution < -0.4 is 5.73 Å². The van der Waals surface area contributed by atoms with E-state index in [1.54, 1.807) is 6.07 Å². The van der Waals surface area contributed by atoms with E-state index in [0.29, 0.717) is 0 Å². The average molecular weight is 316 g/mol. The summed E-state index contributed by atoms with van der Waals surface area (Å²) in [4.78, 5) is 0. The predicted molar refractivity (Wildman–Crippen MR) is 66.5 cm³/mol. The number of halogens is 4. The highest BCUT2D eigenvalue weighted by atomic mass is 79.9. The van der Waals surface area contributed by atoms with Gasteiger partial charge >= 0.3 is 0 Å². The zero-order valence-electron chi connectivity index (χ0n) is 9.13. The molecule has 0 fully saturated rings. The molecule has 0 aliphatic heterocycles. The van der Waals surface area contributed by atoms with E-state index in [1.807, 2.05) is 0 Å². The highest BCUT2D eigenvalue weighted by Crippen LogP contribution is 2.28. The van der Waals surface area contributed by atoms with Crippen LogP contribution in [0.25, 0.3) is 0 Å². The van der Waals surface area contributed by atoms with Crippen molar-refractivity contribution in [3.8, 4) is 0 Å². The van der Waals surface area contributed by atoms with Crippen molar-refractivity contribution in [3.63, 3.8) is 0 Å². The molecule has 2 aromatic carbocycles. The van der Waals surface area contributed by atoms with Crippen LogP contribution in [-0.4, -0.2) is 0 Å². The molecular formula is C13H9BrF3N. The predicted octanol–water partition coefficient (Wildman–Crippen LogP) is 3.91. The van der Waals surface area contributed by atoms with E-state index in [9.17, 15) is 13.2 Å². The third-order valence-electron chi connectivity index (χ3n) is 2.63. The molecule has 0 aliphatic carbocycles. The van der Waals surface area contributed by atoms with Crippen LogP contribution in [0, 0.1) is 17.5 Å². The van der Waals surface area contributed by atoms with Crippen LogP contribution in [-0.2, 0) is 0 Å². The van der Waals surface area contributed by atoms with Gasteiger partial charge in [-0.3, -0.25) is 0 Å². The van der Waals surface area contributed by atoms with Crippen molar-refractivity contribution in [2.75, 3.05) is 0 Å². The zero-order valence-corrected chi connectivity index (χ0v) is 10.7. The number of hydrogen-bond acceptors (Lipinski definition) is 1. The highest BCUT2D eigenvalue weighted by molar-refractivity contribution is 9.10. The van der Waals surface area contributed by atoms with Gasteiger partial charge in [0.25, 0.3) is 0 Å². The largest absolute Gasteiger partial charge is 0.320 e. The van der Waals surface area contributed by atoms with Gasteiger partial charge in [0, 0.05) is 11.1 Å². The van der Waals surface area contributed by atoms with Gasteiger partial charge in [-0.2, -0.15) is 0 Å². The summed E-state index contributed by atoms with van der Waals surface area (Å²) in [5.41, 5.74) is 5.82. The third kappa shape index (κ3) is 2.28. The first-order valence-electron chi connectivity index (χ1n) is 5.15. The van der Waals surface area contributed by atoms with Gasteiger partial charge in [-0.25, -0.2) is 13.2 Å². The minimum atomic E-state index is -1.06. The minimum Gasteiger partial charge on any atom is -0.320 e. The maximum absolute atomic E-state index is 13.8. The molecular weight excluding hydrogens is 307 g/mol. The quantitative estimate of drug-likeness (QED) is 0.893. The molecule has 0 aromatic heterocycles. The van der Waals surface area contributed by atoms with Gasteiger partial charge in [0.05, 0.1) is 10.5 Å². The molecule has 94 valence electrons. The van der Waals surface area contributed by atoms with Crippen molar-refractivity contribution in [1.82, 2.24) is 0 Å². The van der Waals surface area contributed by atoms with E-state index < -0.39 is 23.5 Å². The number of rotatable bonds is 2. The summed E-state index contributed by atoms with van der Waals surface area (Å²) in [5, 5.41) is 0. The molecule has 2 rings (SSSR count). The van der Waals surface area contributed by atoms with Crippen LogP contribution >= 0.6 is 15.9 Å². The number of benzene rings is 2. The Labute approximate surface area is 111 Å². The fourth-order valence-corrected chi connectivity index (χ4v) is 2.07. The summed E-state index contributed by atoms with van der Waals surface area (Å²) in [6, 6.07) is 7.14. The molecule has 0 saturated heterocycles. The summed E-state index contributed by atoms with van der Waals surface area (Å²) < 4.78 is 40.7. The second-order valence-corrected chi connectivity index (χ2v) is 4.62. The first kappa shape index (κ1) is 13.1. The molecule has 0 aliphatic rings. The van der Waals surface area contributed by atoms with Crippen LogP contribution in [0.15, 0.2) is 40.9 Å². The van der Waals surface area contributed by atoms with Crippen LogP contribution in [0.5, 0.6) is 0 Å². The summed E-state index contributed by atoms with van der Waals surface area (Å²) >= 11 is 3.02. The maximum atomic E-state index is 13.8. The fraction of sp³-hybridized carbons (Fsp3) is 0.0769. The lowest BCUT2D eigenvalue weighted by atomic mass is 9.98. The topological polar surface area (TPSA) is 26.0 Å². The molecule has 2 N–H and O–H groups in total. The lowest BCUT2D eigenvalue weighted by molar-refractivity contribution is 0.492. The van der Waals surface area contributed by atoms with E-state index in [4.69, 9.17) is 5.73 Å². The Kier molecular flexibility index (Phi) is 3.73. The fourth-order valence-electron chi connectivity index (χ4n) is 1.69. The van der Waals surface area contributed by atoms with Gasteiger partial charge in [-0.15, -0.1) is 0 Å². The first-order chi connectivity index (χ1) is 8.52. The summed E-state index contributed by atoms with van der Waals surface area (Å²) in [5.74, 6) is -2.63. The normalized spacial score (nSPS) is 12.5. The number of nitrogens with two attached hydrogens (primary N) is 1. The van der Waals surface area contributed by atoms with Crippen molar-refractivity contribution < 1.29 is 13.2 Å². The molecule has 0 bridgehead atoms. The SMILES string of the molecule is NC(c1cccc(F)c1F)c1cccc(Br)c1F. The molecule has 5 heteroatoms. The Morgan fingerprint density at radius 1 is 0.889 bits per heavy atom. The Bertz CT molecular complexity index is 535. The van der Waals surface area contributed by atoms with Crippen molar-refractivity contribution >= 4 is 15.9 Å². The lowest BCUT2D eigenvalue weighted by Gasteiger charge is -2.15. The summed E-state index contributed by atoms with van der Waals surface area (Å²) in [6.45, 7) is 0. The van der Waals surface area contributed by atoms with Gasteiger partial charge in [0.2, 0.25) is 0 Å². The van der Waals surface area contributed by atoms with E-state index >= 15 is 0 Å². The van der Waals surface area contributed by atoms with Gasteiger partial charge in [-0.1, -0.05) is 24.3 Å². The van der Waals surface area contributed by atoms with Gasteiger partial charge in [-0.05, 0) is 28.1 Å². The van der Waals surface area contributed by atoms with Gasteiger partial charge < -0.3 is 5.73 Å². The molecule has 0 heterocycles. The average Bonchev–Trinajstić information content (AvgIpc) is 2.35. The molecule has 18 heavy (non-hydrogen) atoms. The zero-order chi connectivity index (χ0) is 13.3. The lowest BCUT2D eigenvalue weighted by Crippen LogP contribution is -2.16. The van der Waals surface area contributed by atoms with Crippen molar-refractivity contribution in [2.45, 2.75) is 6.04 Å². The molecule has 1 atom stereocenters. The molecule has 0 spiro atoms. The van der Waals surface area contributed by atoms with Crippen LogP contribution in [0.3, 0.4) is 0 Å².